The molecule has 76 valence electrons. The average Bonchev–Trinajstić information content (AvgIpc) is 2.07. The summed E-state index contributed by atoms with van der Waals surface area (Å²) in [6.45, 7) is 6.49. The molecule has 0 spiro atoms. The monoisotopic (exact) mass is 186 g/mol. The number of hydrogen-bond donors (Lipinski definition) is 2. The van der Waals surface area contributed by atoms with E-state index in [4.69, 9.17) is 4.74 Å². The zero-order valence-corrected chi connectivity index (χ0v) is 8.30. The van der Waals surface area contributed by atoms with Crippen molar-refractivity contribution in [2.45, 2.75) is 26.4 Å². The van der Waals surface area contributed by atoms with Gasteiger partial charge in [0.25, 0.3) is 0 Å². The van der Waals surface area contributed by atoms with E-state index in [1.807, 2.05) is 0 Å². The molecule has 4 nitrogen and oxygen atoms in total. The van der Waals surface area contributed by atoms with E-state index in [2.05, 4.69) is 24.5 Å². The van der Waals surface area contributed by atoms with Crippen molar-refractivity contribution in [3.8, 4) is 0 Å². The maximum Gasteiger partial charge on any atom is 0.407 e. The molecule has 4 heteroatoms. The summed E-state index contributed by atoms with van der Waals surface area (Å²) in [5.41, 5.74) is 0. The summed E-state index contributed by atoms with van der Waals surface area (Å²) < 4.78 is 5.07. The lowest BCUT2D eigenvalue weighted by Gasteiger charge is -2.26. The van der Waals surface area contributed by atoms with Gasteiger partial charge in [-0.1, -0.05) is 20.3 Å². The summed E-state index contributed by atoms with van der Waals surface area (Å²) in [7, 11) is 0. The number of amides is 1. The van der Waals surface area contributed by atoms with Crippen LogP contribution in [0.4, 0.5) is 4.79 Å². The summed E-state index contributed by atoms with van der Waals surface area (Å²) in [5, 5.41) is 5.78. The van der Waals surface area contributed by atoms with Crippen LogP contribution in [0.25, 0.3) is 0 Å². The van der Waals surface area contributed by atoms with Crippen molar-refractivity contribution >= 4 is 6.09 Å². The Morgan fingerprint density at radius 1 is 1.69 bits per heavy atom. The van der Waals surface area contributed by atoms with Crippen LogP contribution in [0.1, 0.15) is 20.3 Å². The van der Waals surface area contributed by atoms with E-state index in [1.165, 1.54) is 0 Å². The first kappa shape index (κ1) is 10.3. The maximum atomic E-state index is 11.1. The lowest BCUT2D eigenvalue weighted by Crippen LogP contribution is -2.50. The van der Waals surface area contributed by atoms with Crippen LogP contribution in [0.15, 0.2) is 0 Å². The highest BCUT2D eigenvalue weighted by atomic mass is 16.6. The number of hydrogen-bond acceptors (Lipinski definition) is 3. The number of carbonyl (C=O) groups is 1. The van der Waals surface area contributed by atoms with Crippen LogP contribution in [0.2, 0.25) is 0 Å². The van der Waals surface area contributed by atoms with E-state index in [9.17, 15) is 4.79 Å². The second-order valence-electron chi connectivity index (χ2n) is 3.58. The SMILES string of the molecule is CCC(C)CNC(=O)OC1CNC1. The van der Waals surface area contributed by atoms with Crippen LogP contribution in [0, 0.1) is 5.92 Å². The van der Waals surface area contributed by atoms with Gasteiger partial charge in [-0.05, 0) is 5.92 Å². The molecule has 1 aliphatic heterocycles. The molecule has 2 N–H and O–H groups in total. The lowest BCUT2D eigenvalue weighted by molar-refractivity contribution is 0.0664. The number of alkyl carbamates (subject to hydrolysis) is 1. The van der Waals surface area contributed by atoms with Crippen molar-refractivity contribution in [3.05, 3.63) is 0 Å². The third kappa shape index (κ3) is 3.63. The Hall–Kier alpha value is -0.770. The molecule has 13 heavy (non-hydrogen) atoms. The molecule has 0 aromatic carbocycles. The molecule has 1 fully saturated rings. The molecule has 0 radical (unpaired) electrons. The van der Waals surface area contributed by atoms with Gasteiger partial charge in [0.05, 0.1) is 0 Å². The van der Waals surface area contributed by atoms with Gasteiger partial charge in [-0.2, -0.15) is 0 Å². The average molecular weight is 186 g/mol. The summed E-state index contributed by atoms with van der Waals surface area (Å²) in [4.78, 5) is 11.1. The molecule has 0 saturated carbocycles. The highest BCUT2D eigenvalue weighted by Crippen LogP contribution is 2.00. The van der Waals surface area contributed by atoms with E-state index >= 15 is 0 Å². The molecular formula is C9H18N2O2. The molecule has 1 rings (SSSR count). The molecular weight excluding hydrogens is 168 g/mol. The van der Waals surface area contributed by atoms with Gasteiger partial charge in [0.15, 0.2) is 0 Å². The fourth-order valence-corrected chi connectivity index (χ4v) is 0.940. The van der Waals surface area contributed by atoms with Gasteiger partial charge in [-0.25, -0.2) is 4.79 Å². The van der Waals surface area contributed by atoms with Crippen LogP contribution in [-0.4, -0.2) is 31.8 Å². The third-order valence-corrected chi connectivity index (χ3v) is 2.31. The van der Waals surface area contributed by atoms with E-state index in [0.717, 1.165) is 19.5 Å². The van der Waals surface area contributed by atoms with Gasteiger partial charge in [0.2, 0.25) is 0 Å². The first-order valence-electron chi connectivity index (χ1n) is 4.87. The molecule has 0 aliphatic carbocycles. The minimum absolute atomic E-state index is 0.0805. The Bertz CT molecular complexity index is 169. The lowest BCUT2D eigenvalue weighted by atomic mass is 10.1. The summed E-state index contributed by atoms with van der Waals surface area (Å²) >= 11 is 0. The van der Waals surface area contributed by atoms with E-state index in [0.29, 0.717) is 12.5 Å². The maximum absolute atomic E-state index is 11.1. The topological polar surface area (TPSA) is 50.4 Å². The molecule has 0 aromatic rings. The second-order valence-corrected chi connectivity index (χ2v) is 3.58. The molecule has 1 aliphatic rings. The Labute approximate surface area is 79.0 Å². The zero-order valence-electron chi connectivity index (χ0n) is 8.30. The van der Waals surface area contributed by atoms with E-state index in [1.54, 1.807) is 0 Å². The molecule has 1 unspecified atom stereocenters. The molecule has 1 heterocycles. The standard InChI is InChI=1S/C9H18N2O2/c1-3-7(2)4-11-9(12)13-8-5-10-6-8/h7-8,10H,3-6H2,1-2H3,(H,11,12). The fourth-order valence-electron chi connectivity index (χ4n) is 0.940. The van der Waals surface area contributed by atoms with Gasteiger partial charge in [0, 0.05) is 19.6 Å². The number of carbonyl (C=O) groups excluding carboxylic acids is 1. The van der Waals surface area contributed by atoms with Gasteiger partial charge in [-0.3, -0.25) is 0 Å². The van der Waals surface area contributed by atoms with Gasteiger partial charge >= 0.3 is 6.09 Å². The highest BCUT2D eigenvalue weighted by Gasteiger charge is 2.20. The zero-order chi connectivity index (χ0) is 9.68. The van der Waals surface area contributed by atoms with Crippen molar-refractivity contribution in [2.75, 3.05) is 19.6 Å². The Morgan fingerprint density at radius 2 is 2.38 bits per heavy atom. The smallest absolute Gasteiger partial charge is 0.407 e. The van der Waals surface area contributed by atoms with E-state index < -0.39 is 0 Å². The minimum atomic E-state index is -0.285. The predicted octanol–water partition coefficient (Wildman–Crippen LogP) is 0.730. The normalized spacial score (nSPS) is 18.9. The molecule has 1 atom stereocenters. The first-order valence-corrected chi connectivity index (χ1v) is 4.87. The van der Waals surface area contributed by atoms with Crippen LogP contribution in [0.5, 0.6) is 0 Å². The van der Waals surface area contributed by atoms with Gasteiger partial charge < -0.3 is 15.4 Å². The van der Waals surface area contributed by atoms with Gasteiger partial charge in [-0.15, -0.1) is 0 Å². The summed E-state index contributed by atoms with van der Waals surface area (Å²) in [6, 6.07) is 0. The van der Waals surface area contributed by atoms with Crippen molar-refractivity contribution in [2.24, 2.45) is 5.92 Å². The minimum Gasteiger partial charge on any atom is -0.444 e. The highest BCUT2D eigenvalue weighted by molar-refractivity contribution is 5.67. The van der Waals surface area contributed by atoms with Crippen molar-refractivity contribution in [1.82, 2.24) is 10.6 Å². The number of nitrogens with one attached hydrogen (secondary N) is 2. The van der Waals surface area contributed by atoms with Crippen molar-refractivity contribution in [1.29, 1.82) is 0 Å². The third-order valence-electron chi connectivity index (χ3n) is 2.31. The second kappa shape index (κ2) is 5.07. The largest absolute Gasteiger partial charge is 0.444 e. The van der Waals surface area contributed by atoms with Crippen LogP contribution in [-0.2, 0) is 4.74 Å². The van der Waals surface area contributed by atoms with Crippen LogP contribution >= 0.6 is 0 Å². The van der Waals surface area contributed by atoms with Crippen LogP contribution in [0.3, 0.4) is 0 Å². The molecule has 0 aromatic heterocycles. The van der Waals surface area contributed by atoms with Crippen LogP contribution < -0.4 is 10.6 Å². The fraction of sp³-hybridized carbons (Fsp3) is 0.889. The molecule has 1 saturated heterocycles. The Balaban J connectivity index is 2.03. The first-order chi connectivity index (χ1) is 6.22. The van der Waals surface area contributed by atoms with Crippen molar-refractivity contribution in [3.63, 3.8) is 0 Å². The number of rotatable bonds is 4. The predicted molar refractivity (Wildman–Crippen MR) is 50.6 cm³/mol. The van der Waals surface area contributed by atoms with Gasteiger partial charge in [0.1, 0.15) is 6.10 Å². The van der Waals surface area contributed by atoms with E-state index in [-0.39, 0.29) is 12.2 Å². The summed E-state index contributed by atoms with van der Waals surface area (Å²) in [5.74, 6) is 0.520. The summed E-state index contributed by atoms with van der Waals surface area (Å²) in [6.07, 6.45) is 0.870. The van der Waals surface area contributed by atoms with Crippen molar-refractivity contribution < 1.29 is 9.53 Å². The number of ether oxygens (including phenoxy) is 1. The Kier molecular flexibility index (Phi) is 4.02. The quantitative estimate of drug-likeness (QED) is 0.680. The molecule has 0 bridgehead atoms. The Morgan fingerprint density at radius 3 is 2.85 bits per heavy atom. The molecule has 1 amide bonds.